The van der Waals surface area contributed by atoms with Crippen molar-refractivity contribution < 1.29 is 4.79 Å². The average molecular weight is 318 g/mol. The number of hydrazone groups is 1. The molecule has 0 aliphatic carbocycles. The first-order chi connectivity index (χ1) is 10.5. The highest BCUT2D eigenvalue weighted by atomic mass is 35.5. The smallest absolute Gasteiger partial charge is 0.276 e. The van der Waals surface area contributed by atoms with Crippen molar-refractivity contribution in [2.45, 2.75) is 19.9 Å². The van der Waals surface area contributed by atoms with Crippen LogP contribution in [-0.4, -0.2) is 16.7 Å². The molecule has 0 atom stereocenters. The van der Waals surface area contributed by atoms with Gasteiger partial charge in [0.25, 0.3) is 11.5 Å². The number of hydrogen-bond acceptors (Lipinski definition) is 3. The van der Waals surface area contributed by atoms with Gasteiger partial charge in [-0.15, -0.1) is 0 Å². The van der Waals surface area contributed by atoms with Crippen molar-refractivity contribution in [2.24, 2.45) is 5.10 Å². The Morgan fingerprint density at radius 3 is 2.68 bits per heavy atom. The van der Waals surface area contributed by atoms with Crippen molar-refractivity contribution in [1.29, 1.82) is 0 Å². The molecule has 1 aromatic heterocycles. The monoisotopic (exact) mass is 317 g/mol. The van der Waals surface area contributed by atoms with Gasteiger partial charge in [0.2, 0.25) is 0 Å². The fourth-order valence-electron chi connectivity index (χ4n) is 1.89. The van der Waals surface area contributed by atoms with Crippen molar-refractivity contribution in [3.8, 4) is 0 Å². The van der Waals surface area contributed by atoms with Crippen molar-refractivity contribution in [3.05, 3.63) is 69.1 Å². The Balaban J connectivity index is 2.15. The number of benzene rings is 1. The summed E-state index contributed by atoms with van der Waals surface area (Å²) in [6.07, 6.45) is 3.08. The molecule has 0 spiro atoms. The van der Waals surface area contributed by atoms with E-state index in [-0.39, 0.29) is 17.2 Å². The molecule has 1 heterocycles. The summed E-state index contributed by atoms with van der Waals surface area (Å²) in [5, 5.41) is 4.37. The molecule has 114 valence electrons. The van der Waals surface area contributed by atoms with Crippen LogP contribution in [0.2, 0.25) is 5.02 Å². The average Bonchev–Trinajstić information content (AvgIpc) is 2.49. The molecule has 0 unspecified atom stereocenters. The molecule has 2 rings (SSSR count). The Morgan fingerprint density at radius 1 is 1.27 bits per heavy atom. The summed E-state index contributed by atoms with van der Waals surface area (Å²) in [5.41, 5.74) is 2.72. The summed E-state index contributed by atoms with van der Waals surface area (Å²) >= 11 is 5.98. The van der Waals surface area contributed by atoms with Gasteiger partial charge >= 0.3 is 0 Å². The maximum Gasteiger partial charge on any atom is 0.276 e. The molecule has 0 saturated carbocycles. The molecule has 0 bridgehead atoms. The van der Waals surface area contributed by atoms with E-state index >= 15 is 0 Å². The van der Waals surface area contributed by atoms with Gasteiger partial charge in [-0.1, -0.05) is 29.8 Å². The van der Waals surface area contributed by atoms with Gasteiger partial charge in [0.15, 0.2) is 0 Å². The molecule has 0 fully saturated rings. The third-order valence-corrected chi connectivity index (χ3v) is 3.39. The van der Waals surface area contributed by atoms with Crippen LogP contribution in [0.25, 0.3) is 0 Å². The number of amides is 1. The number of nitrogens with one attached hydrogen (secondary N) is 1. The van der Waals surface area contributed by atoms with Crippen molar-refractivity contribution in [1.82, 2.24) is 9.99 Å². The van der Waals surface area contributed by atoms with Gasteiger partial charge in [-0.25, -0.2) is 5.43 Å². The number of pyridine rings is 1. The molecule has 1 amide bonds. The Hall–Kier alpha value is -2.40. The van der Waals surface area contributed by atoms with Crippen LogP contribution < -0.4 is 11.0 Å². The predicted octanol–water partition coefficient (Wildman–Crippen LogP) is 2.85. The lowest BCUT2D eigenvalue weighted by Gasteiger charge is -2.10. The molecule has 5 nitrogen and oxygen atoms in total. The third kappa shape index (κ3) is 3.62. The Morgan fingerprint density at radius 2 is 2.00 bits per heavy atom. The lowest BCUT2D eigenvalue weighted by molar-refractivity contribution is 0.0953. The highest BCUT2D eigenvalue weighted by molar-refractivity contribution is 6.33. The second-order valence-electron chi connectivity index (χ2n) is 4.95. The molecule has 0 aliphatic rings. The lowest BCUT2D eigenvalue weighted by atomic mass is 10.2. The summed E-state index contributed by atoms with van der Waals surface area (Å²) in [7, 11) is 0. The Bertz CT molecular complexity index is 766. The van der Waals surface area contributed by atoms with Crippen LogP contribution in [0.3, 0.4) is 0 Å². The summed E-state index contributed by atoms with van der Waals surface area (Å²) < 4.78 is 1.49. The van der Waals surface area contributed by atoms with Crippen molar-refractivity contribution in [2.75, 3.05) is 0 Å². The molecule has 22 heavy (non-hydrogen) atoms. The molecule has 0 radical (unpaired) electrons. The summed E-state index contributed by atoms with van der Waals surface area (Å²) in [5.74, 6) is -0.552. The van der Waals surface area contributed by atoms with E-state index in [1.54, 1.807) is 30.5 Å². The quantitative estimate of drug-likeness (QED) is 0.696. The minimum Gasteiger partial charge on any atom is -0.312 e. The van der Waals surface area contributed by atoms with Crippen LogP contribution in [0.4, 0.5) is 0 Å². The maximum absolute atomic E-state index is 12.2. The number of halogens is 1. The molecule has 6 heteroatoms. The molecule has 0 saturated heterocycles. The Kier molecular flexibility index (Phi) is 5.12. The zero-order chi connectivity index (χ0) is 16.1. The highest BCUT2D eigenvalue weighted by Gasteiger charge is 2.12. The number of rotatable bonds is 4. The van der Waals surface area contributed by atoms with Gasteiger partial charge in [0.1, 0.15) is 5.56 Å². The van der Waals surface area contributed by atoms with E-state index in [1.807, 2.05) is 19.9 Å². The van der Waals surface area contributed by atoms with Crippen LogP contribution in [0.5, 0.6) is 0 Å². The molecule has 1 N–H and O–H groups in total. The van der Waals surface area contributed by atoms with Crippen LogP contribution in [0, 0.1) is 0 Å². The van der Waals surface area contributed by atoms with Gasteiger partial charge in [0, 0.05) is 22.8 Å². The first kappa shape index (κ1) is 16.0. The lowest BCUT2D eigenvalue weighted by Crippen LogP contribution is -2.31. The van der Waals surface area contributed by atoms with Crippen molar-refractivity contribution >= 4 is 23.7 Å². The largest absolute Gasteiger partial charge is 0.312 e. The number of aromatic nitrogens is 1. The summed E-state index contributed by atoms with van der Waals surface area (Å²) in [6, 6.07) is 10.2. The van der Waals surface area contributed by atoms with Crippen LogP contribution >= 0.6 is 11.6 Å². The normalized spacial score (nSPS) is 11.1. The van der Waals surface area contributed by atoms with Gasteiger partial charge < -0.3 is 4.57 Å². The second-order valence-corrected chi connectivity index (χ2v) is 5.36. The van der Waals surface area contributed by atoms with Gasteiger partial charge in [-0.2, -0.15) is 5.10 Å². The van der Waals surface area contributed by atoms with Gasteiger partial charge in [-0.3, -0.25) is 9.59 Å². The molecule has 1 aromatic carbocycles. The summed E-state index contributed by atoms with van der Waals surface area (Å²) in [6.45, 7) is 3.75. The minimum absolute atomic E-state index is 0.0214. The molecular formula is C16H16ClN3O2. The predicted molar refractivity (Wildman–Crippen MR) is 87.6 cm³/mol. The number of hydrogen-bond donors (Lipinski definition) is 1. The highest BCUT2D eigenvalue weighted by Crippen LogP contribution is 2.12. The number of nitrogens with zero attached hydrogens (tertiary/aromatic N) is 2. The second kappa shape index (κ2) is 7.04. The van der Waals surface area contributed by atoms with E-state index in [0.29, 0.717) is 10.6 Å². The summed E-state index contributed by atoms with van der Waals surface area (Å²) in [4.78, 5) is 24.2. The zero-order valence-corrected chi connectivity index (χ0v) is 13.0. The van der Waals surface area contributed by atoms with Crippen molar-refractivity contribution in [3.63, 3.8) is 0 Å². The minimum atomic E-state index is -0.552. The van der Waals surface area contributed by atoms with Crippen LogP contribution in [0.15, 0.2) is 52.5 Å². The van der Waals surface area contributed by atoms with Crippen LogP contribution in [-0.2, 0) is 0 Å². The van der Waals surface area contributed by atoms with E-state index in [4.69, 9.17) is 11.6 Å². The third-order valence-electron chi connectivity index (χ3n) is 3.05. The van der Waals surface area contributed by atoms with E-state index in [2.05, 4.69) is 10.5 Å². The topological polar surface area (TPSA) is 63.5 Å². The first-order valence-corrected chi connectivity index (χ1v) is 7.17. The first-order valence-electron chi connectivity index (χ1n) is 6.80. The standard InChI is InChI=1S/C16H16ClN3O2/c1-11(2)20-9-5-7-13(16(20)22)15(21)19-18-10-12-6-3-4-8-14(12)17/h3-11H,1-2H3,(H,19,21)/b18-10-. The Labute approximate surface area is 133 Å². The van der Waals surface area contributed by atoms with Crippen LogP contribution in [0.1, 0.15) is 35.8 Å². The van der Waals surface area contributed by atoms with E-state index in [9.17, 15) is 9.59 Å². The SMILES string of the molecule is CC(C)n1cccc(C(=O)N/N=C\c2ccccc2Cl)c1=O. The molecular weight excluding hydrogens is 302 g/mol. The van der Waals surface area contributed by atoms with Gasteiger partial charge in [-0.05, 0) is 32.0 Å². The van der Waals surface area contributed by atoms with E-state index in [1.165, 1.54) is 16.8 Å². The maximum atomic E-state index is 12.2. The molecule has 2 aromatic rings. The fourth-order valence-corrected chi connectivity index (χ4v) is 2.07. The van der Waals surface area contributed by atoms with Gasteiger partial charge in [0.05, 0.1) is 6.21 Å². The number of carbonyl (C=O) groups excluding carboxylic acids is 1. The zero-order valence-electron chi connectivity index (χ0n) is 12.3. The molecule has 0 aliphatic heterocycles. The fraction of sp³-hybridized carbons (Fsp3) is 0.188. The van der Waals surface area contributed by atoms with E-state index in [0.717, 1.165) is 0 Å². The number of carbonyl (C=O) groups is 1. The van der Waals surface area contributed by atoms with E-state index < -0.39 is 5.91 Å².